The van der Waals surface area contributed by atoms with Gasteiger partial charge < -0.3 is 20.5 Å². The minimum atomic E-state index is -0.154. The topological polar surface area (TPSA) is 73.6 Å². The molecular weight excluding hydrogens is 288 g/mol. The van der Waals surface area contributed by atoms with Gasteiger partial charge in [-0.25, -0.2) is 0 Å². The van der Waals surface area contributed by atoms with Crippen LogP contribution in [0.15, 0.2) is 18.2 Å². The molecule has 2 rings (SSSR count). The summed E-state index contributed by atoms with van der Waals surface area (Å²) in [7, 11) is 1.54. The van der Waals surface area contributed by atoms with Gasteiger partial charge in [0, 0.05) is 12.2 Å². The molecule has 1 aromatic rings. The number of ether oxygens (including phenoxy) is 2. The maximum atomic E-state index is 12.5. The summed E-state index contributed by atoms with van der Waals surface area (Å²) in [6, 6.07) is 5.32. The molecule has 0 spiro atoms. The molecule has 0 bridgehead atoms. The van der Waals surface area contributed by atoms with Gasteiger partial charge in [-0.1, -0.05) is 25.2 Å². The largest absolute Gasteiger partial charge is 0.495 e. The Morgan fingerprint density at radius 3 is 2.95 bits per heavy atom. The second kappa shape index (κ2) is 6.87. The standard InChI is InChI=1S/C15H20N2O3S/c1-3-11-9(7-8-20-11)15(18)17-13-10(14(16)21)5-4-6-12(13)19-2/h4-6,9,11H,3,7-8H2,1-2H3,(H2,16,21)(H,17,18). The first-order valence-electron chi connectivity index (χ1n) is 6.97. The van der Waals surface area contributed by atoms with Crippen molar-refractivity contribution >= 4 is 28.8 Å². The van der Waals surface area contributed by atoms with E-state index in [0.717, 1.165) is 12.8 Å². The molecule has 3 N–H and O–H groups in total. The van der Waals surface area contributed by atoms with E-state index < -0.39 is 0 Å². The molecule has 1 aliphatic rings. The van der Waals surface area contributed by atoms with E-state index in [1.54, 1.807) is 25.3 Å². The van der Waals surface area contributed by atoms with Gasteiger partial charge in [0.2, 0.25) is 5.91 Å². The first kappa shape index (κ1) is 15.7. The van der Waals surface area contributed by atoms with Crippen LogP contribution >= 0.6 is 12.2 Å². The number of anilines is 1. The molecular formula is C15H20N2O3S. The molecule has 21 heavy (non-hydrogen) atoms. The van der Waals surface area contributed by atoms with Gasteiger partial charge in [0.05, 0.1) is 24.8 Å². The summed E-state index contributed by atoms with van der Waals surface area (Å²) in [6.45, 7) is 2.63. The highest BCUT2D eigenvalue weighted by Crippen LogP contribution is 2.31. The minimum Gasteiger partial charge on any atom is -0.495 e. The number of rotatable bonds is 5. The molecule has 1 fully saturated rings. The summed E-state index contributed by atoms with van der Waals surface area (Å²) in [5, 5.41) is 2.91. The van der Waals surface area contributed by atoms with Crippen LogP contribution in [0.5, 0.6) is 5.75 Å². The highest BCUT2D eigenvalue weighted by Gasteiger charge is 2.33. The van der Waals surface area contributed by atoms with Crippen molar-refractivity contribution in [3.63, 3.8) is 0 Å². The molecule has 0 saturated carbocycles. The fraction of sp³-hybridized carbons (Fsp3) is 0.467. The number of hydrogen-bond acceptors (Lipinski definition) is 4. The lowest BCUT2D eigenvalue weighted by Gasteiger charge is -2.19. The van der Waals surface area contributed by atoms with Crippen LogP contribution in [-0.2, 0) is 9.53 Å². The molecule has 114 valence electrons. The summed E-state index contributed by atoms with van der Waals surface area (Å²) >= 11 is 5.04. The van der Waals surface area contributed by atoms with Crippen LogP contribution in [0.25, 0.3) is 0 Å². The smallest absolute Gasteiger partial charge is 0.230 e. The van der Waals surface area contributed by atoms with Crippen molar-refractivity contribution in [1.82, 2.24) is 0 Å². The van der Waals surface area contributed by atoms with Crippen LogP contribution in [0.3, 0.4) is 0 Å². The van der Waals surface area contributed by atoms with Crippen LogP contribution in [-0.4, -0.2) is 30.7 Å². The third-order valence-corrected chi connectivity index (χ3v) is 3.93. The second-order valence-electron chi connectivity index (χ2n) is 4.95. The maximum absolute atomic E-state index is 12.5. The quantitative estimate of drug-likeness (QED) is 0.815. The number of carbonyl (C=O) groups is 1. The number of nitrogens with one attached hydrogen (secondary N) is 1. The molecule has 1 aromatic carbocycles. The van der Waals surface area contributed by atoms with E-state index in [-0.39, 0.29) is 22.9 Å². The van der Waals surface area contributed by atoms with E-state index in [0.29, 0.717) is 23.6 Å². The normalized spacial score (nSPS) is 21.0. The van der Waals surface area contributed by atoms with Gasteiger partial charge in [-0.3, -0.25) is 4.79 Å². The number of para-hydroxylation sites is 1. The first-order chi connectivity index (χ1) is 10.1. The second-order valence-corrected chi connectivity index (χ2v) is 5.39. The van der Waals surface area contributed by atoms with Crippen molar-refractivity contribution in [2.75, 3.05) is 19.0 Å². The van der Waals surface area contributed by atoms with Gasteiger partial charge in [0.1, 0.15) is 10.7 Å². The van der Waals surface area contributed by atoms with Gasteiger partial charge in [0.15, 0.2) is 0 Å². The van der Waals surface area contributed by atoms with E-state index in [1.165, 1.54) is 0 Å². The predicted molar refractivity (Wildman–Crippen MR) is 85.6 cm³/mol. The van der Waals surface area contributed by atoms with E-state index in [4.69, 9.17) is 27.4 Å². The van der Waals surface area contributed by atoms with Crippen molar-refractivity contribution in [1.29, 1.82) is 0 Å². The summed E-state index contributed by atoms with van der Waals surface area (Å²) in [5.74, 6) is 0.307. The lowest BCUT2D eigenvalue weighted by Crippen LogP contribution is -2.30. The van der Waals surface area contributed by atoms with E-state index in [9.17, 15) is 4.79 Å². The van der Waals surface area contributed by atoms with Crippen LogP contribution in [0.1, 0.15) is 25.3 Å². The maximum Gasteiger partial charge on any atom is 0.230 e. The molecule has 0 radical (unpaired) electrons. The van der Waals surface area contributed by atoms with Crippen molar-refractivity contribution < 1.29 is 14.3 Å². The van der Waals surface area contributed by atoms with Crippen LogP contribution in [0, 0.1) is 5.92 Å². The van der Waals surface area contributed by atoms with Gasteiger partial charge in [-0.2, -0.15) is 0 Å². The Hall–Kier alpha value is -1.66. The van der Waals surface area contributed by atoms with E-state index in [2.05, 4.69) is 5.32 Å². The highest BCUT2D eigenvalue weighted by molar-refractivity contribution is 7.80. The summed E-state index contributed by atoms with van der Waals surface area (Å²) < 4.78 is 10.9. The van der Waals surface area contributed by atoms with Crippen molar-refractivity contribution in [2.45, 2.75) is 25.9 Å². The average molecular weight is 308 g/mol. The van der Waals surface area contributed by atoms with Crippen molar-refractivity contribution in [2.24, 2.45) is 11.7 Å². The first-order valence-corrected chi connectivity index (χ1v) is 7.38. The molecule has 2 atom stereocenters. The molecule has 1 amide bonds. The highest BCUT2D eigenvalue weighted by atomic mass is 32.1. The Morgan fingerprint density at radius 1 is 1.57 bits per heavy atom. The molecule has 5 nitrogen and oxygen atoms in total. The van der Waals surface area contributed by atoms with E-state index >= 15 is 0 Å². The predicted octanol–water partition coefficient (Wildman–Crippen LogP) is 2.08. The Bertz CT molecular complexity index is 548. The Kier molecular flexibility index (Phi) is 5.14. The number of hydrogen-bond donors (Lipinski definition) is 2. The van der Waals surface area contributed by atoms with Gasteiger partial charge in [-0.15, -0.1) is 0 Å². The third-order valence-electron chi connectivity index (χ3n) is 3.71. The number of amides is 1. The van der Waals surface area contributed by atoms with Crippen molar-refractivity contribution in [3.05, 3.63) is 23.8 Å². The Morgan fingerprint density at radius 2 is 2.33 bits per heavy atom. The third kappa shape index (κ3) is 3.33. The van der Waals surface area contributed by atoms with Crippen LogP contribution in [0.2, 0.25) is 0 Å². The summed E-state index contributed by atoms with van der Waals surface area (Å²) in [5.41, 5.74) is 6.85. The van der Waals surface area contributed by atoms with Crippen molar-refractivity contribution in [3.8, 4) is 5.75 Å². The Balaban J connectivity index is 2.26. The number of nitrogens with two attached hydrogens (primary N) is 1. The molecule has 2 unspecified atom stereocenters. The zero-order valence-corrected chi connectivity index (χ0v) is 13.0. The SMILES string of the molecule is CCC1OCCC1C(=O)Nc1c(OC)cccc1C(N)=S. The van der Waals surface area contributed by atoms with Crippen LogP contribution in [0.4, 0.5) is 5.69 Å². The average Bonchev–Trinajstić information content (AvgIpc) is 2.95. The molecule has 0 aliphatic carbocycles. The molecule has 0 aromatic heterocycles. The molecule has 1 aliphatic heterocycles. The van der Waals surface area contributed by atoms with Gasteiger partial charge in [-0.05, 0) is 25.0 Å². The monoisotopic (exact) mass is 308 g/mol. The number of benzene rings is 1. The summed E-state index contributed by atoms with van der Waals surface area (Å²) in [4.78, 5) is 12.7. The van der Waals surface area contributed by atoms with E-state index in [1.807, 2.05) is 6.92 Å². The zero-order chi connectivity index (χ0) is 15.4. The van der Waals surface area contributed by atoms with Crippen LogP contribution < -0.4 is 15.8 Å². The fourth-order valence-corrected chi connectivity index (χ4v) is 2.77. The fourth-order valence-electron chi connectivity index (χ4n) is 2.60. The zero-order valence-electron chi connectivity index (χ0n) is 12.2. The lowest BCUT2D eigenvalue weighted by molar-refractivity contribution is -0.121. The minimum absolute atomic E-state index is 0.0343. The number of carbonyl (C=O) groups excluding carboxylic acids is 1. The molecule has 1 saturated heterocycles. The molecule has 6 heteroatoms. The Labute approximate surface area is 129 Å². The number of thiocarbonyl (C=S) groups is 1. The summed E-state index contributed by atoms with van der Waals surface area (Å²) in [6.07, 6.45) is 1.50. The van der Waals surface area contributed by atoms with Gasteiger partial charge in [0.25, 0.3) is 0 Å². The number of methoxy groups -OCH3 is 1. The molecule has 1 heterocycles. The van der Waals surface area contributed by atoms with Gasteiger partial charge >= 0.3 is 0 Å². The lowest BCUT2D eigenvalue weighted by atomic mass is 9.98.